The zero-order valence-corrected chi connectivity index (χ0v) is 11.9. The molecule has 0 unspecified atom stereocenters. The quantitative estimate of drug-likeness (QED) is 0.868. The number of hydrogen-bond acceptors (Lipinski definition) is 3. The number of benzene rings is 2. The van der Waals surface area contributed by atoms with Crippen molar-refractivity contribution in [1.29, 1.82) is 5.26 Å². The van der Waals surface area contributed by atoms with Gasteiger partial charge in [0.1, 0.15) is 0 Å². The summed E-state index contributed by atoms with van der Waals surface area (Å²) in [4.78, 5) is 12.0. The van der Waals surface area contributed by atoms with Crippen LogP contribution in [-0.2, 0) is 10.5 Å². The van der Waals surface area contributed by atoms with E-state index in [9.17, 15) is 4.79 Å². The average Bonchev–Trinajstić information content (AvgIpc) is 2.46. The Bertz CT molecular complexity index is 644. The van der Waals surface area contributed by atoms with Crippen LogP contribution in [0.2, 0.25) is 0 Å². The Hall–Kier alpha value is -2.25. The van der Waals surface area contributed by atoms with E-state index in [2.05, 4.69) is 11.4 Å². The van der Waals surface area contributed by atoms with E-state index in [0.29, 0.717) is 0 Å². The standard InChI is InChI=1S/C16H14N2OS/c1-12(19)18-15-6-8-16(9-7-15)20-11-14-5-3-2-4-13(14)10-17/h2-9H,11H2,1H3,(H,18,19). The van der Waals surface area contributed by atoms with Crippen molar-refractivity contribution in [1.82, 2.24) is 0 Å². The van der Waals surface area contributed by atoms with E-state index in [0.717, 1.165) is 27.5 Å². The normalized spacial score (nSPS) is 9.80. The molecular weight excluding hydrogens is 268 g/mol. The molecule has 1 amide bonds. The number of nitriles is 1. The molecule has 2 aromatic carbocycles. The predicted octanol–water partition coefficient (Wildman–Crippen LogP) is 3.81. The first-order valence-corrected chi connectivity index (χ1v) is 7.16. The van der Waals surface area contributed by atoms with Crippen LogP contribution >= 0.6 is 11.8 Å². The van der Waals surface area contributed by atoms with E-state index >= 15 is 0 Å². The first-order valence-electron chi connectivity index (χ1n) is 6.17. The summed E-state index contributed by atoms with van der Waals surface area (Å²) < 4.78 is 0. The van der Waals surface area contributed by atoms with E-state index in [1.54, 1.807) is 11.8 Å². The fraction of sp³-hybridized carbons (Fsp3) is 0.125. The smallest absolute Gasteiger partial charge is 0.221 e. The Labute approximate surface area is 122 Å². The maximum absolute atomic E-state index is 10.9. The highest BCUT2D eigenvalue weighted by atomic mass is 32.2. The number of nitrogens with zero attached hydrogens (tertiary/aromatic N) is 1. The van der Waals surface area contributed by atoms with Crippen LogP contribution in [0.15, 0.2) is 53.4 Å². The van der Waals surface area contributed by atoms with Gasteiger partial charge in [0.05, 0.1) is 11.6 Å². The molecule has 0 heterocycles. The molecule has 100 valence electrons. The average molecular weight is 282 g/mol. The summed E-state index contributed by atoms with van der Waals surface area (Å²) in [5.41, 5.74) is 2.54. The third kappa shape index (κ3) is 3.87. The number of rotatable bonds is 4. The Morgan fingerprint density at radius 1 is 1.20 bits per heavy atom. The molecule has 0 saturated carbocycles. The summed E-state index contributed by atoms with van der Waals surface area (Å²) in [5, 5.41) is 11.8. The number of thioether (sulfide) groups is 1. The highest BCUT2D eigenvalue weighted by Crippen LogP contribution is 2.25. The van der Waals surface area contributed by atoms with Gasteiger partial charge in [-0.1, -0.05) is 18.2 Å². The molecule has 0 radical (unpaired) electrons. The molecule has 3 nitrogen and oxygen atoms in total. The highest BCUT2D eigenvalue weighted by Gasteiger charge is 2.02. The first-order chi connectivity index (χ1) is 9.69. The molecule has 0 saturated heterocycles. The molecular formula is C16H14N2OS. The minimum atomic E-state index is -0.0756. The van der Waals surface area contributed by atoms with Crippen molar-refractivity contribution in [3.8, 4) is 6.07 Å². The van der Waals surface area contributed by atoms with Gasteiger partial charge in [-0.15, -0.1) is 11.8 Å². The molecule has 2 aromatic rings. The van der Waals surface area contributed by atoms with Gasteiger partial charge in [0, 0.05) is 23.3 Å². The molecule has 0 aliphatic rings. The van der Waals surface area contributed by atoms with Crippen LogP contribution in [0.4, 0.5) is 5.69 Å². The van der Waals surface area contributed by atoms with Crippen molar-refractivity contribution < 1.29 is 4.79 Å². The van der Waals surface area contributed by atoms with Crippen molar-refractivity contribution in [3.05, 3.63) is 59.7 Å². The third-order valence-corrected chi connectivity index (χ3v) is 3.77. The van der Waals surface area contributed by atoms with Crippen LogP contribution in [0, 0.1) is 11.3 Å². The second kappa shape index (κ2) is 6.78. The third-order valence-electron chi connectivity index (χ3n) is 2.71. The predicted molar refractivity (Wildman–Crippen MR) is 81.5 cm³/mol. The lowest BCUT2D eigenvalue weighted by Gasteiger charge is -2.06. The van der Waals surface area contributed by atoms with Crippen molar-refractivity contribution >= 4 is 23.4 Å². The molecule has 2 rings (SSSR count). The van der Waals surface area contributed by atoms with Crippen LogP contribution in [-0.4, -0.2) is 5.91 Å². The van der Waals surface area contributed by atoms with Crippen molar-refractivity contribution in [2.24, 2.45) is 0 Å². The van der Waals surface area contributed by atoms with Crippen LogP contribution in [0.3, 0.4) is 0 Å². The zero-order chi connectivity index (χ0) is 14.4. The fourth-order valence-corrected chi connectivity index (χ4v) is 2.66. The van der Waals surface area contributed by atoms with Gasteiger partial charge >= 0.3 is 0 Å². The molecule has 0 bridgehead atoms. The van der Waals surface area contributed by atoms with Crippen molar-refractivity contribution in [2.75, 3.05) is 5.32 Å². The SMILES string of the molecule is CC(=O)Nc1ccc(SCc2ccccc2C#N)cc1. The van der Waals surface area contributed by atoms with Gasteiger partial charge in [-0.3, -0.25) is 4.79 Å². The summed E-state index contributed by atoms with van der Waals surface area (Å²) in [6, 6.07) is 17.5. The topological polar surface area (TPSA) is 52.9 Å². The van der Waals surface area contributed by atoms with Gasteiger partial charge in [0.15, 0.2) is 0 Å². The molecule has 20 heavy (non-hydrogen) atoms. The van der Waals surface area contributed by atoms with Gasteiger partial charge in [0.25, 0.3) is 0 Å². The number of nitrogens with one attached hydrogen (secondary N) is 1. The minimum Gasteiger partial charge on any atom is -0.326 e. The largest absolute Gasteiger partial charge is 0.326 e. The molecule has 0 atom stereocenters. The lowest BCUT2D eigenvalue weighted by Crippen LogP contribution is -2.05. The number of anilines is 1. The highest BCUT2D eigenvalue weighted by molar-refractivity contribution is 7.98. The van der Waals surface area contributed by atoms with Crippen molar-refractivity contribution in [2.45, 2.75) is 17.6 Å². The summed E-state index contributed by atoms with van der Waals surface area (Å²) >= 11 is 1.67. The van der Waals surface area contributed by atoms with E-state index in [-0.39, 0.29) is 5.91 Å². The van der Waals surface area contributed by atoms with Crippen molar-refractivity contribution in [3.63, 3.8) is 0 Å². The number of carbonyl (C=O) groups excluding carboxylic acids is 1. The van der Waals surface area contributed by atoms with Gasteiger partial charge in [-0.25, -0.2) is 0 Å². The fourth-order valence-electron chi connectivity index (χ4n) is 1.75. The molecule has 0 aromatic heterocycles. The Morgan fingerprint density at radius 3 is 2.55 bits per heavy atom. The molecule has 0 fully saturated rings. The second-order valence-corrected chi connectivity index (χ2v) is 5.31. The molecule has 1 N–H and O–H groups in total. The number of amides is 1. The molecule has 4 heteroatoms. The lowest BCUT2D eigenvalue weighted by atomic mass is 10.1. The van der Waals surface area contributed by atoms with Gasteiger partial charge in [0.2, 0.25) is 5.91 Å². The van der Waals surface area contributed by atoms with E-state index in [1.807, 2.05) is 48.5 Å². The van der Waals surface area contributed by atoms with Gasteiger partial charge in [-0.2, -0.15) is 5.26 Å². The number of carbonyl (C=O) groups is 1. The monoisotopic (exact) mass is 282 g/mol. The van der Waals surface area contributed by atoms with Crippen LogP contribution in [0.1, 0.15) is 18.1 Å². The van der Waals surface area contributed by atoms with E-state index in [4.69, 9.17) is 5.26 Å². The Kier molecular flexibility index (Phi) is 4.80. The van der Waals surface area contributed by atoms with E-state index < -0.39 is 0 Å². The van der Waals surface area contributed by atoms with Crippen LogP contribution in [0.25, 0.3) is 0 Å². The summed E-state index contributed by atoms with van der Waals surface area (Å²) in [6.45, 7) is 1.49. The van der Waals surface area contributed by atoms with Crippen LogP contribution < -0.4 is 5.32 Å². The maximum Gasteiger partial charge on any atom is 0.221 e. The van der Waals surface area contributed by atoms with E-state index in [1.165, 1.54) is 6.92 Å². The maximum atomic E-state index is 10.9. The summed E-state index contributed by atoms with van der Waals surface area (Å²) in [5.74, 6) is 0.678. The van der Waals surface area contributed by atoms with Gasteiger partial charge in [-0.05, 0) is 35.9 Å². The second-order valence-electron chi connectivity index (χ2n) is 4.26. The number of hydrogen-bond donors (Lipinski definition) is 1. The van der Waals surface area contributed by atoms with Gasteiger partial charge < -0.3 is 5.32 Å². The molecule has 0 aliphatic heterocycles. The summed E-state index contributed by atoms with van der Waals surface area (Å²) in [7, 11) is 0. The Morgan fingerprint density at radius 2 is 1.90 bits per heavy atom. The molecule has 0 spiro atoms. The zero-order valence-electron chi connectivity index (χ0n) is 11.1. The Balaban J connectivity index is 2.01. The summed E-state index contributed by atoms with van der Waals surface area (Å²) in [6.07, 6.45) is 0. The van der Waals surface area contributed by atoms with Crippen LogP contribution in [0.5, 0.6) is 0 Å². The minimum absolute atomic E-state index is 0.0756. The molecule has 0 aliphatic carbocycles. The first kappa shape index (κ1) is 14.2. The lowest BCUT2D eigenvalue weighted by molar-refractivity contribution is -0.114.